The normalized spacial score (nSPS) is 16.3. The monoisotopic (exact) mass is 425 g/mol. The molecular formula is C20H28InN3. The zero-order chi connectivity index (χ0) is 16.8. The molecule has 0 N–H and O–H groups in total. The van der Waals surface area contributed by atoms with Crippen LogP contribution in [0.4, 0.5) is 11.4 Å². The van der Waals surface area contributed by atoms with Crippen LogP contribution in [0.3, 0.4) is 0 Å². The zero-order valence-corrected chi connectivity index (χ0v) is 18.2. The van der Waals surface area contributed by atoms with Crippen LogP contribution in [-0.4, -0.2) is 67.5 Å². The Morgan fingerprint density at radius 1 is 0.875 bits per heavy atom. The van der Waals surface area contributed by atoms with E-state index in [-0.39, 0.29) is 0 Å². The van der Waals surface area contributed by atoms with E-state index in [2.05, 4.69) is 87.4 Å². The molecule has 2 aromatic rings. The summed E-state index contributed by atoms with van der Waals surface area (Å²) >= 11 is -1.54. The molecule has 4 heteroatoms. The Morgan fingerprint density at radius 2 is 1.46 bits per heavy atom. The molecule has 0 aliphatic carbocycles. The van der Waals surface area contributed by atoms with Crippen LogP contribution in [-0.2, 0) is 0 Å². The molecule has 3 nitrogen and oxygen atoms in total. The summed E-state index contributed by atoms with van der Waals surface area (Å²) in [5.74, 6) is 0. The van der Waals surface area contributed by atoms with Crippen LogP contribution < -0.4 is 4.90 Å². The number of nitrogens with zero attached hydrogens (tertiary/aromatic N) is 3. The van der Waals surface area contributed by atoms with Gasteiger partial charge < -0.3 is 0 Å². The van der Waals surface area contributed by atoms with Crippen LogP contribution in [0, 0.1) is 0 Å². The number of hydrogen-bond acceptors (Lipinski definition) is 3. The van der Waals surface area contributed by atoms with Crippen molar-refractivity contribution in [3.05, 3.63) is 60.7 Å². The van der Waals surface area contributed by atoms with E-state index in [9.17, 15) is 0 Å². The number of para-hydroxylation sites is 2. The third-order valence-corrected chi connectivity index (χ3v) is 15.4. The van der Waals surface area contributed by atoms with Gasteiger partial charge in [0.25, 0.3) is 0 Å². The average molecular weight is 425 g/mol. The van der Waals surface area contributed by atoms with Gasteiger partial charge in [-0.25, -0.2) is 0 Å². The molecule has 24 heavy (non-hydrogen) atoms. The fraction of sp³-hybridized carbons (Fsp3) is 0.400. The summed E-state index contributed by atoms with van der Waals surface area (Å²) in [6, 6.07) is 21.6. The number of rotatable bonds is 6. The summed E-state index contributed by atoms with van der Waals surface area (Å²) in [4.78, 5) is 5.02. The zero-order valence-electron chi connectivity index (χ0n) is 14.9. The van der Waals surface area contributed by atoms with Crippen LogP contribution >= 0.6 is 0 Å². The quantitative estimate of drug-likeness (QED) is 0.700. The third-order valence-electron chi connectivity index (χ3n) is 5.03. The predicted octanol–water partition coefficient (Wildman–Crippen LogP) is 3.62. The van der Waals surface area contributed by atoms with Crippen molar-refractivity contribution >= 4 is 33.1 Å². The second kappa shape index (κ2) is 8.93. The van der Waals surface area contributed by atoms with Gasteiger partial charge in [0.15, 0.2) is 0 Å². The van der Waals surface area contributed by atoms with Crippen LogP contribution in [0.15, 0.2) is 60.7 Å². The van der Waals surface area contributed by atoms with E-state index in [0.29, 0.717) is 0 Å². The Hall–Kier alpha value is -0.970. The van der Waals surface area contributed by atoms with Gasteiger partial charge in [0.05, 0.1) is 0 Å². The molecule has 2 aromatic carbocycles. The fourth-order valence-electron chi connectivity index (χ4n) is 3.52. The molecule has 1 aliphatic heterocycles. The van der Waals surface area contributed by atoms with Crippen LogP contribution in [0.25, 0.3) is 0 Å². The second-order valence-corrected chi connectivity index (χ2v) is 15.8. The van der Waals surface area contributed by atoms with Crippen LogP contribution in [0.2, 0.25) is 4.18 Å². The maximum atomic E-state index is 2.73. The first kappa shape index (κ1) is 17.8. The van der Waals surface area contributed by atoms with Gasteiger partial charge in [-0.05, 0) is 0 Å². The molecule has 0 spiro atoms. The number of hydrogen-bond donors (Lipinski definition) is 0. The molecule has 0 amide bonds. The van der Waals surface area contributed by atoms with Gasteiger partial charge in [0.2, 0.25) is 0 Å². The second-order valence-electron chi connectivity index (χ2n) is 6.86. The van der Waals surface area contributed by atoms with E-state index < -0.39 is 21.7 Å². The van der Waals surface area contributed by atoms with Gasteiger partial charge in [-0.15, -0.1) is 0 Å². The van der Waals surface area contributed by atoms with E-state index in [0.717, 1.165) is 6.54 Å². The molecule has 1 heterocycles. The molecule has 1 saturated heterocycles. The van der Waals surface area contributed by atoms with Gasteiger partial charge in [-0.2, -0.15) is 0 Å². The molecular weight excluding hydrogens is 397 g/mol. The minimum atomic E-state index is -1.54. The molecule has 0 aromatic heterocycles. The van der Waals surface area contributed by atoms with Gasteiger partial charge in [0.1, 0.15) is 0 Å². The van der Waals surface area contributed by atoms with Gasteiger partial charge >= 0.3 is 155 Å². The van der Waals surface area contributed by atoms with Crippen molar-refractivity contribution < 1.29 is 0 Å². The summed E-state index contributed by atoms with van der Waals surface area (Å²) in [5, 5.41) is 0. The fourth-order valence-corrected chi connectivity index (χ4v) is 11.9. The standard InChI is InChI=1S/C15H16N.C5H12N2.In/c1-2-13-16(14-9-5-3-6-10-14)15-11-7-4-8-12-15;1-6-4-5-7(2)3;/h3-12H,1-2,13H2;2,4-5H2,1,3H3;/q;-1;+1. The van der Waals surface area contributed by atoms with E-state index >= 15 is 0 Å². The van der Waals surface area contributed by atoms with E-state index in [4.69, 9.17) is 0 Å². The number of benzene rings is 2. The van der Waals surface area contributed by atoms with Gasteiger partial charge in [-0.1, -0.05) is 0 Å². The third kappa shape index (κ3) is 4.78. The van der Waals surface area contributed by atoms with E-state index in [1.807, 2.05) is 0 Å². The molecule has 1 fully saturated rings. The van der Waals surface area contributed by atoms with E-state index in [1.165, 1.54) is 39.4 Å². The van der Waals surface area contributed by atoms with Crippen molar-refractivity contribution in [3.63, 3.8) is 0 Å². The predicted molar refractivity (Wildman–Crippen MR) is 105 cm³/mol. The first-order valence-corrected chi connectivity index (χ1v) is 15.1. The first-order valence-electron chi connectivity index (χ1n) is 9.00. The molecule has 0 atom stereocenters. The van der Waals surface area contributed by atoms with E-state index in [1.54, 1.807) is 0 Å². The van der Waals surface area contributed by atoms with Crippen molar-refractivity contribution in [3.8, 4) is 0 Å². The first-order chi connectivity index (χ1) is 11.7. The van der Waals surface area contributed by atoms with Crippen molar-refractivity contribution in [2.24, 2.45) is 0 Å². The van der Waals surface area contributed by atoms with Crippen molar-refractivity contribution in [2.75, 3.05) is 42.9 Å². The number of anilines is 2. The van der Waals surface area contributed by atoms with Crippen molar-refractivity contribution in [1.29, 1.82) is 0 Å². The van der Waals surface area contributed by atoms with Crippen molar-refractivity contribution in [1.82, 2.24) is 7.79 Å². The summed E-state index contributed by atoms with van der Waals surface area (Å²) in [7, 11) is 4.65. The van der Waals surface area contributed by atoms with Gasteiger partial charge in [0, 0.05) is 0 Å². The molecule has 0 radical (unpaired) electrons. The Balaban J connectivity index is 1.65. The summed E-state index contributed by atoms with van der Waals surface area (Å²) in [6.07, 6.45) is 1.29. The average Bonchev–Trinajstić information content (AvgIpc) is 2.63. The molecule has 1 aliphatic rings. The number of likely N-dealkylation sites (N-methyl/N-ethyl adjacent to an activating group) is 2. The molecule has 126 valence electrons. The van der Waals surface area contributed by atoms with Crippen molar-refractivity contribution in [2.45, 2.75) is 10.6 Å². The summed E-state index contributed by atoms with van der Waals surface area (Å²) in [6.45, 7) is 3.63. The summed E-state index contributed by atoms with van der Waals surface area (Å²) < 4.78 is 5.59. The molecule has 0 saturated carbocycles. The minimum absolute atomic E-state index is 1.11. The summed E-state index contributed by atoms with van der Waals surface area (Å²) in [5.41, 5.74) is 2.60. The Labute approximate surface area is 154 Å². The molecule has 0 bridgehead atoms. The Bertz CT molecular complexity index is 565. The SMILES string of the molecule is CN1CC[N](C)[In]([CH2]CCN(c2ccccc2)c2ccccc2)[CH2]1. The Morgan fingerprint density at radius 3 is 2.04 bits per heavy atom. The van der Waals surface area contributed by atoms with Crippen LogP contribution in [0.5, 0.6) is 0 Å². The van der Waals surface area contributed by atoms with Crippen LogP contribution in [0.1, 0.15) is 6.42 Å². The van der Waals surface area contributed by atoms with Gasteiger partial charge in [-0.3, -0.25) is 0 Å². The molecule has 0 unspecified atom stereocenters. The Kier molecular flexibility index (Phi) is 6.64. The molecule has 3 rings (SSSR count). The topological polar surface area (TPSA) is 9.72 Å². The maximum absolute atomic E-state index is 2.73.